The van der Waals surface area contributed by atoms with Gasteiger partial charge in [0.2, 0.25) is 0 Å². The first-order valence-electron chi connectivity index (χ1n) is 5.44. The first-order chi connectivity index (χ1) is 6.98. The maximum Gasteiger partial charge on any atom is 0.123 e. The van der Waals surface area contributed by atoms with Crippen molar-refractivity contribution in [1.29, 1.82) is 0 Å². The highest BCUT2D eigenvalue weighted by atomic mass is 16.5. The molecule has 1 aliphatic heterocycles. The van der Waals surface area contributed by atoms with Crippen molar-refractivity contribution >= 4 is 0 Å². The molecule has 1 unspecified atom stereocenters. The van der Waals surface area contributed by atoms with Crippen LogP contribution in [-0.4, -0.2) is 11.7 Å². The molecule has 0 amide bonds. The van der Waals surface area contributed by atoms with E-state index in [9.17, 15) is 5.11 Å². The summed E-state index contributed by atoms with van der Waals surface area (Å²) in [4.78, 5) is 0. The molecule has 2 nitrogen and oxygen atoms in total. The molecular weight excluding hydrogens is 188 g/mol. The largest absolute Gasteiger partial charge is 0.508 e. The van der Waals surface area contributed by atoms with Crippen LogP contribution in [-0.2, 0) is 0 Å². The SMILES string of the molecule is CC(C)(C)C1CCOc2ccc(O)cc21. The first kappa shape index (κ1) is 10.3. The Bertz CT molecular complexity index is 363. The summed E-state index contributed by atoms with van der Waals surface area (Å²) in [6.45, 7) is 7.48. The van der Waals surface area contributed by atoms with Gasteiger partial charge < -0.3 is 9.84 Å². The average molecular weight is 206 g/mol. The van der Waals surface area contributed by atoms with Crippen LogP contribution in [0, 0.1) is 5.41 Å². The summed E-state index contributed by atoms with van der Waals surface area (Å²) >= 11 is 0. The van der Waals surface area contributed by atoms with Crippen LogP contribution in [0.3, 0.4) is 0 Å². The highest BCUT2D eigenvalue weighted by Crippen LogP contribution is 2.45. The Hall–Kier alpha value is -1.18. The normalized spacial score (nSPS) is 20.6. The highest BCUT2D eigenvalue weighted by Gasteiger charge is 2.31. The lowest BCUT2D eigenvalue weighted by Crippen LogP contribution is -2.25. The van der Waals surface area contributed by atoms with Crippen molar-refractivity contribution in [1.82, 2.24) is 0 Å². The Morgan fingerprint density at radius 1 is 1.33 bits per heavy atom. The highest BCUT2D eigenvalue weighted by molar-refractivity contribution is 5.43. The van der Waals surface area contributed by atoms with Crippen LogP contribution in [0.1, 0.15) is 38.7 Å². The second-order valence-electron chi connectivity index (χ2n) is 5.28. The number of aromatic hydroxyl groups is 1. The Balaban J connectivity index is 2.45. The van der Waals surface area contributed by atoms with Gasteiger partial charge in [-0.05, 0) is 36.0 Å². The van der Waals surface area contributed by atoms with Crippen molar-refractivity contribution < 1.29 is 9.84 Å². The molecule has 2 rings (SSSR count). The molecular formula is C13H18O2. The Kier molecular flexibility index (Phi) is 2.37. The van der Waals surface area contributed by atoms with Gasteiger partial charge in [-0.3, -0.25) is 0 Å². The number of hydrogen-bond acceptors (Lipinski definition) is 2. The zero-order valence-corrected chi connectivity index (χ0v) is 9.58. The van der Waals surface area contributed by atoms with Gasteiger partial charge in [0.1, 0.15) is 11.5 Å². The van der Waals surface area contributed by atoms with Crippen molar-refractivity contribution in [3.63, 3.8) is 0 Å². The Morgan fingerprint density at radius 3 is 2.73 bits per heavy atom. The molecule has 0 spiro atoms. The quantitative estimate of drug-likeness (QED) is 0.705. The predicted octanol–water partition coefficient (Wildman–Crippen LogP) is 3.30. The van der Waals surface area contributed by atoms with Gasteiger partial charge in [-0.1, -0.05) is 20.8 Å². The Labute approximate surface area is 90.9 Å². The molecule has 2 heteroatoms. The molecule has 0 aromatic heterocycles. The number of hydrogen-bond donors (Lipinski definition) is 1. The molecule has 0 bridgehead atoms. The van der Waals surface area contributed by atoms with Gasteiger partial charge in [0.15, 0.2) is 0 Å². The molecule has 1 atom stereocenters. The standard InChI is InChI=1S/C13H18O2/c1-13(2,3)11-6-7-15-12-5-4-9(14)8-10(11)12/h4-5,8,11,14H,6-7H2,1-3H3. The predicted molar refractivity (Wildman–Crippen MR) is 60.4 cm³/mol. The third-order valence-corrected chi connectivity index (χ3v) is 3.08. The third kappa shape index (κ3) is 1.94. The maximum atomic E-state index is 9.52. The minimum atomic E-state index is 0.215. The average Bonchev–Trinajstić information content (AvgIpc) is 2.15. The van der Waals surface area contributed by atoms with Crippen LogP contribution < -0.4 is 4.74 Å². The molecule has 1 aromatic rings. The smallest absolute Gasteiger partial charge is 0.123 e. The van der Waals surface area contributed by atoms with Gasteiger partial charge in [0, 0.05) is 5.56 Å². The van der Waals surface area contributed by atoms with E-state index in [2.05, 4.69) is 20.8 Å². The molecule has 1 aliphatic rings. The van der Waals surface area contributed by atoms with Gasteiger partial charge in [0.25, 0.3) is 0 Å². The van der Waals surface area contributed by atoms with E-state index in [1.165, 1.54) is 0 Å². The van der Waals surface area contributed by atoms with E-state index in [0.717, 1.165) is 24.3 Å². The summed E-state index contributed by atoms with van der Waals surface area (Å²) in [5, 5.41) is 9.52. The van der Waals surface area contributed by atoms with Gasteiger partial charge in [-0.2, -0.15) is 0 Å². The van der Waals surface area contributed by atoms with E-state index in [1.54, 1.807) is 6.07 Å². The van der Waals surface area contributed by atoms with Crippen LogP contribution in [0.2, 0.25) is 0 Å². The van der Waals surface area contributed by atoms with Crippen molar-refractivity contribution in [3.8, 4) is 11.5 Å². The minimum absolute atomic E-state index is 0.215. The molecule has 1 heterocycles. The second kappa shape index (κ2) is 3.44. The molecule has 0 fully saturated rings. The fraction of sp³-hybridized carbons (Fsp3) is 0.538. The molecule has 0 saturated carbocycles. The van der Waals surface area contributed by atoms with Crippen LogP contribution in [0.25, 0.3) is 0 Å². The molecule has 0 aliphatic carbocycles. The third-order valence-electron chi connectivity index (χ3n) is 3.08. The maximum absolute atomic E-state index is 9.52. The lowest BCUT2D eigenvalue weighted by Gasteiger charge is -2.35. The van der Waals surface area contributed by atoms with Crippen molar-refractivity contribution in [2.45, 2.75) is 33.1 Å². The second-order valence-corrected chi connectivity index (χ2v) is 5.28. The molecule has 82 valence electrons. The minimum Gasteiger partial charge on any atom is -0.508 e. The van der Waals surface area contributed by atoms with Gasteiger partial charge in [-0.15, -0.1) is 0 Å². The Morgan fingerprint density at radius 2 is 2.07 bits per heavy atom. The molecule has 1 N–H and O–H groups in total. The van der Waals surface area contributed by atoms with E-state index in [-0.39, 0.29) is 5.41 Å². The number of fused-ring (bicyclic) bond motifs is 1. The van der Waals surface area contributed by atoms with E-state index in [1.807, 2.05) is 12.1 Å². The number of rotatable bonds is 0. The lowest BCUT2D eigenvalue weighted by atomic mass is 9.73. The number of phenolic OH excluding ortho intramolecular Hbond substituents is 1. The molecule has 0 saturated heterocycles. The zero-order valence-electron chi connectivity index (χ0n) is 9.58. The van der Waals surface area contributed by atoms with Crippen molar-refractivity contribution in [2.24, 2.45) is 5.41 Å². The van der Waals surface area contributed by atoms with E-state index in [0.29, 0.717) is 11.7 Å². The summed E-state index contributed by atoms with van der Waals surface area (Å²) in [7, 11) is 0. The molecule has 1 aromatic carbocycles. The topological polar surface area (TPSA) is 29.5 Å². The molecule has 0 radical (unpaired) electrons. The summed E-state index contributed by atoms with van der Waals surface area (Å²) in [6, 6.07) is 5.39. The van der Waals surface area contributed by atoms with Crippen LogP contribution in [0.5, 0.6) is 11.5 Å². The van der Waals surface area contributed by atoms with Gasteiger partial charge in [0.05, 0.1) is 6.61 Å². The van der Waals surface area contributed by atoms with Gasteiger partial charge >= 0.3 is 0 Å². The first-order valence-corrected chi connectivity index (χ1v) is 5.44. The van der Waals surface area contributed by atoms with Crippen molar-refractivity contribution in [2.75, 3.05) is 6.61 Å². The summed E-state index contributed by atoms with van der Waals surface area (Å²) in [5.41, 5.74) is 1.36. The summed E-state index contributed by atoms with van der Waals surface area (Å²) < 4.78 is 5.59. The molecule has 15 heavy (non-hydrogen) atoms. The van der Waals surface area contributed by atoms with Crippen molar-refractivity contribution in [3.05, 3.63) is 23.8 Å². The van der Waals surface area contributed by atoms with Gasteiger partial charge in [-0.25, -0.2) is 0 Å². The number of benzene rings is 1. The van der Waals surface area contributed by atoms with E-state index < -0.39 is 0 Å². The zero-order chi connectivity index (χ0) is 11.1. The fourth-order valence-corrected chi connectivity index (χ4v) is 2.28. The monoisotopic (exact) mass is 206 g/mol. The van der Waals surface area contributed by atoms with E-state index in [4.69, 9.17) is 4.74 Å². The summed E-state index contributed by atoms with van der Waals surface area (Å²) in [6.07, 6.45) is 1.03. The van der Waals surface area contributed by atoms with Crippen LogP contribution >= 0.6 is 0 Å². The van der Waals surface area contributed by atoms with E-state index >= 15 is 0 Å². The van der Waals surface area contributed by atoms with Crippen LogP contribution in [0.15, 0.2) is 18.2 Å². The number of ether oxygens (including phenoxy) is 1. The lowest BCUT2D eigenvalue weighted by molar-refractivity contribution is 0.203. The van der Waals surface area contributed by atoms with Crippen LogP contribution in [0.4, 0.5) is 0 Å². The summed E-state index contributed by atoms with van der Waals surface area (Å²) in [5.74, 6) is 1.72. The fourth-order valence-electron chi connectivity index (χ4n) is 2.28. The number of phenols is 1.